The maximum Gasteiger partial charge on any atom is 0.241 e. The van der Waals surface area contributed by atoms with Crippen molar-refractivity contribution in [3.05, 3.63) is 52.2 Å². The van der Waals surface area contributed by atoms with Gasteiger partial charge in [-0.05, 0) is 42.0 Å². The Morgan fingerprint density at radius 2 is 1.95 bits per heavy atom. The molecule has 1 N–H and O–H groups in total. The van der Waals surface area contributed by atoms with Crippen LogP contribution in [0.25, 0.3) is 0 Å². The number of thiophene rings is 1. The summed E-state index contributed by atoms with van der Waals surface area (Å²) in [5, 5.41) is 1.95. The second-order valence-corrected chi connectivity index (χ2v) is 7.75. The minimum atomic E-state index is -3.51. The first-order chi connectivity index (χ1) is 10.1. The number of halogens is 1. The van der Waals surface area contributed by atoms with Gasteiger partial charge < -0.3 is 0 Å². The number of benzene rings is 1. The van der Waals surface area contributed by atoms with Gasteiger partial charge in [0.1, 0.15) is 0 Å². The van der Waals surface area contributed by atoms with Gasteiger partial charge in [0.15, 0.2) is 0 Å². The second kappa shape index (κ2) is 7.40. The van der Waals surface area contributed by atoms with E-state index in [4.69, 9.17) is 11.6 Å². The first-order valence-corrected chi connectivity index (χ1v) is 9.67. The molecule has 0 saturated carbocycles. The zero-order valence-electron chi connectivity index (χ0n) is 11.8. The molecule has 0 aliphatic rings. The van der Waals surface area contributed by atoms with E-state index in [0.717, 1.165) is 16.9 Å². The number of rotatable bonds is 7. The molecule has 0 aliphatic carbocycles. The summed E-state index contributed by atoms with van der Waals surface area (Å²) in [7, 11) is -3.51. The Morgan fingerprint density at radius 3 is 2.48 bits per heavy atom. The molecule has 0 amide bonds. The van der Waals surface area contributed by atoms with Gasteiger partial charge in [-0.25, -0.2) is 13.1 Å². The lowest BCUT2D eigenvalue weighted by atomic mass is 10.2. The highest BCUT2D eigenvalue weighted by molar-refractivity contribution is 7.89. The fourth-order valence-electron chi connectivity index (χ4n) is 2.03. The van der Waals surface area contributed by atoms with E-state index in [1.165, 1.54) is 0 Å². The lowest BCUT2D eigenvalue weighted by molar-refractivity contribution is 0.553. The molecule has 21 heavy (non-hydrogen) atoms. The standard InChI is InChI=1S/C15H18ClNO2S2/c1-2-14(15-4-3-11-20-15)17-21(18,19)13-7-5-12(6-8-13)9-10-16/h3-8,11,14,17H,2,9-10H2,1H3. The lowest BCUT2D eigenvalue weighted by Crippen LogP contribution is -2.27. The summed E-state index contributed by atoms with van der Waals surface area (Å²) in [4.78, 5) is 1.32. The van der Waals surface area contributed by atoms with Crippen LogP contribution in [0, 0.1) is 0 Å². The van der Waals surface area contributed by atoms with Crippen LogP contribution in [0.5, 0.6) is 0 Å². The highest BCUT2D eigenvalue weighted by Crippen LogP contribution is 2.24. The summed E-state index contributed by atoms with van der Waals surface area (Å²) in [5.74, 6) is 0.528. The Kier molecular flexibility index (Phi) is 5.81. The zero-order chi connectivity index (χ0) is 15.3. The predicted molar refractivity (Wildman–Crippen MR) is 88.5 cm³/mol. The summed E-state index contributed by atoms with van der Waals surface area (Å²) >= 11 is 7.24. The lowest BCUT2D eigenvalue weighted by Gasteiger charge is -2.16. The highest BCUT2D eigenvalue weighted by Gasteiger charge is 2.20. The van der Waals surface area contributed by atoms with Crippen LogP contribution in [-0.2, 0) is 16.4 Å². The van der Waals surface area contributed by atoms with Crippen LogP contribution in [0.1, 0.15) is 29.8 Å². The molecule has 2 rings (SSSR count). The van der Waals surface area contributed by atoms with Gasteiger partial charge in [-0.3, -0.25) is 0 Å². The molecule has 1 unspecified atom stereocenters. The number of sulfonamides is 1. The first kappa shape index (κ1) is 16.5. The molecule has 1 aromatic heterocycles. The zero-order valence-corrected chi connectivity index (χ0v) is 14.1. The van der Waals surface area contributed by atoms with Crippen molar-refractivity contribution in [2.45, 2.75) is 30.7 Å². The quantitative estimate of drug-likeness (QED) is 0.773. The summed E-state index contributed by atoms with van der Waals surface area (Å²) in [6.45, 7) is 1.97. The third-order valence-corrected chi connectivity index (χ3v) is 5.87. The van der Waals surface area contributed by atoms with Gasteiger partial charge in [-0.15, -0.1) is 22.9 Å². The molecule has 0 radical (unpaired) electrons. The topological polar surface area (TPSA) is 46.2 Å². The highest BCUT2D eigenvalue weighted by atomic mass is 35.5. The molecule has 2 aromatic rings. The summed E-state index contributed by atoms with van der Waals surface area (Å²) in [6.07, 6.45) is 1.45. The molecule has 6 heteroatoms. The summed E-state index contributed by atoms with van der Waals surface area (Å²) < 4.78 is 27.6. The van der Waals surface area contributed by atoms with Gasteiger partial charge >= 0.3 is 0 Å². The summed E-state index contributed by atoms with van der Waals surface area (Å²) in [5.41, 5.74) is 1.04. The fraction of sp³-hybridized carbons (Fsp3) is 0.333. The summed E-state index contributed by atoms with van der Waals surface area (Å²) in [6, 6.07) is 10.6. The number of aryl methyl sites for hydroxylation is 1. The number of nitrogens with one attached hydrogen (secondary N) is 1. The largest absolute Gasteiger partial charge is 0.241 e. The van der Waals surface area contributed by atoms with Crippen molar-refractivity contribution in [1.29, 1.82) is 0 Å². The smallest absolute Gasteiger partial charge is 0.207 e. The minimum absolute atomic E-state index is 0.183. The average molecular weight is 344 g/mol. The van der Waals surface area contributed by atoms with Crippen LogP contribution in [0.3, 0.4) is 0 Å². The molecule has 3 nitrogen and oxygen atoms in total. The van der Waals surface area contributed by atoms with Gasteiger partial charge in [0.25, 0.3) is 0 Å². The molecule has 0 spiro atoms. The van der Waals surface area contributed by atoms with Crippen molar-refractivity contribution in [2.24, 2.45) is 0 Å². The third-order valence-electron chi connectivity index (χ3n) is 3.21. The van der Waals surface area contributed by atoms with E-state index in [2.05, 4.69) is 4.72 Å². The Bertz CT molecular complexity index is 651. The Morgan fingerprint density at radius 1 is 1.24 bits per heavy atom. The molecular formula is C15H18ClNO2S2. The molecule has 1 heterocycles. The van der Waals surface area contributed by atoms with Crippen LogP contribution in [0.15, 0.2) is 46.7 Å². The van der Waals surface area contributed by atoms with E-state index in [9.17, 15) is 8.42 Å². The minimum Gasteiger partial charge on any atom is -0.207 e. The van der Waals surface area contributed by atoms with Crippen LogP contribution >= 0.6 is 22.9 Å². The Labute approximate surface area is 135 Å². The van der Waals surface area contributed by atoms with Gasteiger partial charge in [-0.2, -0.15) is 0 Å². The molecule has 1 aromatic carbocycles. The van der Waals surface area contributed by atoms with Crippen LogP contribution in [0.2, 0.25) is 0 Å². The second-order valence-electron chi connectivity index (χ2n) is 4.68. The molecule has 0 fully saturated rings. The average Bonchev–Trinajstić information content (AvgIpc) is 3.00. The van der Waals surface area contributed by atoms with Crippen molar-refractivity contribution in [2.75, 3.05) is 5.88 Å². The molecule has 1 atom stereocenters. The van der Waals surface area contributed by atoms with Gasteiger partial charge in [0, 0.05) is 10.8 Å². The number of hydrogen-bond donors (Lipinski definition) is 1. The van der Waals surface area contributed by atoms with E-state index in [1.54, 1.807) is 23.5 Å². The molecule has 0 saturated heterocycles. The normalized spacial score (nSPS) is 13.2. The molecule has 0 bridgehead atoms. The predicted octanol–water partition coefficient (Wildman–Crippen LogP) is 3.96. The third kappa shape index (κ3) is 4.30. The maximum absolute atomic E-state index is 12.4. The Balaban J connectivity index is 2.17. The van der Waals surface area contributed by atoms with E-state index in [-0.39, 0.29) is 10.9 Å². The van der Waals surface area contributed by atoms with Gasteiger partial charge in [-0.1, -0.05) is 25.1 Å². The van der Waals surface area contributed by atoms with Gasteiger partial charge in [0.2, 0.25) is 10.0 Å². The van der Waals surface area contributed by atoms with E-state index < -0.39 is 10.0 Å². The van der Waals surface area contributed by atoms with E-state index in [1.807, 2.05) is 36.6 Å². The Hall–Kier alpha value is -0.880. The molecule has 114 valence electrons. The van der Waals surface area contributed by atoms with Gasteiger partial charge in [0.05, 0.1) is 10.9 Å². The van der Waals surface area contributed by atoms with Crippen molar-refractivity contribution in [3.8, 4) is 0 Å². The van der Waals surface area contributed by atoms with Crippen molar-refractivity contribution in [3.63, 3.8) is 0 Å². The monoisotopic (exact) mass is 343 g/mol. The maximum atomic E-state index is 12.4. The van der Waals surface area contributed by atoms with E-state index >= 15 is 0 Å². The first-order valence-electron chi connectivity index (χ1n) is 6.77. The fourth-order valence-corrected chi connectivity index (χ4v) is 4.48. The van der Waals surface area contributed by atoms with Crippen LogP contribution in [0.4, 0.5) is 0 Å². The van der Waals surface area contributed by atoms with E-state index in [0.29, 0.717) is 12.3 Å². The van der Waals surface area contributed by atoms with Crippen molar-refractivity contribution < 1.29 is 8.42 Å². The molecule has 0 aliphatic heterocycles. The van der Waals surface area contributed by atoms with Crippen LogP contribution in [-0.4, -0.2) is 14.3 Å². The van der Waals surface area contributed by atoms with Crippen LogP contribution < -0.4 is 4.72 Å². The number of hydrogen-bond acceptors (Lipinski definition) is 3. The van der Waals surface area contributed by atoms with Crippen molar-refractivity contribution >= 4 is 33.0 Å². The number of alkyl halides is 1. The molecular weight excluding hydrogens is 326 g/mol. The SMILES string of the molecule is CCC(NS(=O)(=O)c1ccc(CCCl)cc1)c1cccs1. The van der Waals surface area contributed by atoms with Crippen molar-refractivity contribution in [1.82, 2.24) is 4.72 Å².